The van der Waals surface area contributed by atoms with Crippen LogP contribution >= 0.6 is 11.3 Å². The van der Waals surface area contributed by atoms with Gasteiger partial charge in [-0.2, -0.15) is 0 Å². The van der Waals surface area contributed by atoms with Crippen LogP contribution in [0.15, 0.2) is 35.2 Å². The van der Waals surface area contributed by atoms with Gasteiger partial charge in [-0.15, -0.1) is 17.9 Å². The van der Waals surface area contributed by atoms with Gasteiger partial charge >= 0.3 is 0 Å². The number of nitrogens with zero attached hydrogens (tertiary/aromatic N) is 1. The molecule has 1 aromatic rings. The molecule has 1 heterocycles. The van der Waals surface area contributed by atoms with E-state index in [0.29, 0.717) is 0 Å². The van der Waals surface area contributed by atoms with Gasteiger partial charge in [0.15, 0.2) is 0 Å². The third kappa shape index (κ3) is 5.31. The smallest absolute Gasteiger partial charge is 0.0757 e. The molecule has 0 aliphatic carbocycles. The molecule has 0 spiro atoms. The molecule has 0 amide bonds. The van der Waals surface area contributed by atoms with E-state index in [1.807, 2.05) is 12.3 Å². The Kier molecular flexibility index (Phi) is 5.63. The summed E-state index contributed by atoms with van der Waals surface area (Å²) < 4.78 is 0. The molecular weight excluding hydrogens is 226 g/mol. The van der Waals surface area contributed by atoms with Crippen molar-refractivity contribution in [2.75, 3.05) is 0 Å². The Morgan fingerprint density at radius 1 is 1.53 bits per heavy atom. The van der Waals surface area contributed by atoms with Crippen LogP contribution in [0.1, 0.15) is 44.9 Å². The molecule has 1 nitrogen and oxygen atoms in total. The van der Waals surface area contributed by atoms with Gasteiger partial charge in [-0.05, 0) is 30.7 Å². The van der Waals surface area contributed by atoms with Crippen molar-refractivity contribution in [3.63, 3.8) is 0 Å². The molecule has 0 fully saturated rings. The van der Waals surface area contributed by atoms with E-state index >= 15 is 0 Å². The third-order valence-corrected chi connectivity index (χ3v) is 3.74. The van der Waals surface area contributed by atoms with Crippen LogP contribution in [0.25, 0.3) is 0 Å². The first-order chi connectivity index (χ1) is 8.06. The fourth-order valence-electron chi connectivity index (χ4n) is 1.66. The molecule has 2 heteroatoms. The van der Waals surface area contributed by atoms with E-state index in [-0.39, 0.29) is 5.54 Å². The van der Waals surface area contributed by atoms with Crippen LogP contribution in [0.3, 0.4) is 0 Å². The fourth-order valence-corrected chi connectivity index (χ4v) is 2.25. The summed E-state index contributed by atoms with van der Waals surface area (Å²) >= 11 is 1.72. The van der Waals surface area contributed by atoms with Gasteiger partial charge in [0, 0.05) is 11.1 Å². The predicted molar refractivity (Wildman–Crippen MR) is 79.2 cm³/mol. The Bertz CT molecular complexity index is 351. The number of aliphatic imine (C=N–C) groups is 1. The van der Waals surface area contributed by atoms with Crippen molar-refractivity contribution in [1.82, 2.24) is 0 Å². The first-order valence-electron chi connectivity index (χ1n) is 6.28. The van der Waals surface area contributed by atoms with Gasteiger partial charge in [0.05, 0.1) is 5.54 Å². The van der Waals surface area contributed by atoms with Crippen molar-refractivity contribution >= 4 is 17.6 Å². The molecular formula is C15H23NS. The number of thiophene rings is 1. The highest BCUT2D eigenvalue weighted by Gasteiger charge is 2.17. The molecule has 0 aliphatic heterocycles. The summed E-state index contributed by atoms with van der Waals surface area (Å²) in [5, 5.41) is 2.07. The Morgan fingerprint density at radius 2 is 2.29 bits per heavy atom. The van der Waals surface area contributed by atoms with Crippen LogP contribution in [-0.4, -0.2) is 11.8 Å². The van der Waals surface area contributed by atoms with E-state index in [1.165, 1.54) is 17.7 Å². The van der Waals surface area contributed by atoms with Crippen LogP contribution in [0.4, 0.5) is 0 Å². The van der Waals surface area contributed by atoms with Crippen molar-refractivity contribution in [1.29, 1.82) is 0 Å². The molecule has 94 valence electrons. The van der Waals surface area contributed by atoms with Gasteiger partial charge in [-0.1, -0.05) is 38.8 Å². The van der Waals surface area contributed by atoms with E-state index in [0.717, 1.165) is 12.3 Å². The highest BCUT2D eigenvalue weighted by atomic mass is 32.1. The Labute approximate surface area is 109 Å². The lowest BCUT2D eigenvalue weighted by atomic mass is 9.93. The number of hydrogen-bond donors (Lipinski definition) is 0. The summed E-state index contributed by atoms with van der Waals surface area (Å²) in [5.74, 6) is 0.769. The van der Waals surface area contributed by atoms with E-state index < -0.39 is 0 Å². The average Bonchev–Trinajstić information content (AvgIpc) is 2.79. The highest BCUT2D eigenvalue weighted by Crippen LogP contribution is 2.22. The van der Waals surface area contributed by atoms with Gasteiger partial charge in [0.25, 0.3) is 0 Å². The topological polar surface area (TPSA) is 12.4 Å². The van der Waals surface area contributed by atoms with Crippen molar-refractivity contribution in [3.05, 3.63) is 35.0 Å². The number of rotatable bonds is 7. The lowest BCUT2D eigenvalue weighted by molar-refractivity contribution is 0.461. The molecule has 0 N–H and O–H groups in total. The first-order valence-corrected chi connectivity index (χ1v) is 7.16. The van der Waals surface area contributed by atoms with Crippen LogP contribution in [0, 0.1) is 5.92 Å². The lowest BCUT2D eigenvalue weighted by Gasteiger charge is -2.21. The molecule has 0 saturated carbocycles. The number of hydrogen-bond acceptors (Lipinski definition) is 2. The molecule has 0 aliphatic rings. The minimum Gasteiger partial charge on any atom is -0.281 e. The summed E-state index contributed by atoms with van der Waals surface area (Å²) in [6, 6.07) is 4.14. The maximum Gasteiger partial charge on any atom is 0.0757 e. The van der Waals surface area contributed by atoms with Gasteiger partial charge in [0.2, 0.25) is 0 Å². The SMILES string of the molecule is C=CC(C)(CCCC(C)C)N=Cc1cccs1. The predicted octanol–water partition coefficient (Wildman–Crippen LogP) is 4.94. The van der Waals surface area contributed by atoms with Crippen molar-refractivity contribution in [2.24, 2.45) is 10.9 Å². The van der Waals surface area contributed by atoms with Crippen molar-refractivity contribution < 1.29 is 0 Å². The maximum atomic E-state index is 4.68. The Morgan fingerprint density at radius 3 is 2.82 bits per heavy atom. The molecule has 0 radical (unpaired) electrons. The molecule has 0 aromatic carbocycles. The van der Waals surface area contributed by atoms with E-state index in [2.05, 4.69) is 49.9 Å². The molecule has 1 unspecified atom stereocenters. The monoisotopic (exact) mass is 249 g/mol. The summed E-state index contributed by atoms with van der Waals surface area (Å²) in [6.45, 7) is 10.6. The second kappa shape index (κ2) is 6.75. The van der Waals surface area contributed by atoms with Gasteiger partial charge < -0.3 is 0 Å². The second-order valence-corrected chi connectivity index (χ2v) is 6.10. The molecule has 1 atom stereocenters. The van der Waals surface area contributed by atoms with E-state index in [1.54, 1.807) is 11.3 Å². The quantitative estimate of drug-likeness (QED) is 0.479. The lowest BCUT2D eigenvalue weighted by Crippen LogP contribution is -2.18. The largest absolute Gasteiger partial charge is 0.281 e. The fraction of sp³-hybridized carbons (Fsp3) is 0.533. The molecule has 0 bridgehead atoms. The Balaban J connectivity index is 2.53. The van der Waals surface area contributed by atoms with Crippen LogP contribution in [0.5, 0.6) is 0 Å². The normalized spacial score (nSPS) is 15.3. The van der Waals surface area contributed by atoms with Crippen LogP contribution < -0.4 is 0 Å². The average molecular weight is 249 g/mol. The highest BCUT2D eigenvalue weighted by molar-refractivity contribution is 7.11. The second-order valence-electron chi connectivity index (χ2n) is 5.12. The van der Waals surface area contributed by atoms with Gasteiger partial charge in [-0.3, -0.25) is 4.99 Å². The Hall–Kier alpha value is -0.890. The minimum absolute atomic E-state index is 0.112. The molecule has 1 aromatic heterocycles. The summed E-state index contributed by atoms with van der Waals surface area (Å²) in [7, 11) is 0. The maximum absolute atomic E-state index is 4.68. The van der Waals surface area contributed by atoms with E-state index in [4.69, 9.17) is 0 Å². The zero-order valence-electron chi connectivity index (χ0n) is 11.1. The summed E-state index contributed by atoms with van der Waals surface area (Å²) in [6.07, 6.45) is 7.50. The van der Waals surface area contributed by atoms with Crippen molar-refractivity contribution in [2.45, 2.75) is 45.6 Å². The van der Waals surface area contributed by atoms with Crippen molar-refractivity contribution in [3.8, 4) is 0 Å². The zero-order chi connectivity index (χ0) is 12.7. The first kappa shape index (κ1) is 14.2. The standard InChI is InChI=1S/C15H23NS/c1-5-15(4,10-6-8-13(2)3)16-12-14-9-7-11-17-14/h5,7,9,11-13H,1,6,8,10H2,2-4H3. The molecule has 17 heavy (non-hydrogen) atoms. The van der Waals surface area contributed by atoms with Gasteiger partial charge in [0.1, 0.15) is 0 Å². The third-order valence-electron chi connectivity index (χ3n) is 2.93. The zero-order valence-corrected chi connectivity index (χ0v) is 12.0. The molecule has 1 rings (SSSR count). The summed E-state index contributed by atoms with van der Waals surface area (Å²) in [4.78, 5) is 5.89. The van der Waals surface area contributed by atoms with Crippen LogP contribution in [-0.2, 0) is 0 Å². The minimum atomic E-state index is -0.112. The molecule has 0 saturated heterocycles. The van der Waals surface area contributed by atoms with E-state index in [9.17, 15) is 0 Å². The van der Waals surface area contributed by atoms with Gasteiger partial charge in [-0.25, -0.2) is 0 Å². The van der Waals surface area contributed by atoms with Crippen LogP contribution in [0.2, 0.25) is 0 Å². The summed E-state index contributed by atoms with van der Waals surface area (Å²) in [5.41, 5.74) is -0.112.